The van der Waals surface area contributed by atoms with E-state index in [-0.39, 0.29) is 13.2 Å². The number of hydrogen-bond donors (Lipinski definition) is 0. The number of ether oxygens (including phenoxy) is 4. The summed E-state index contributed by atoms with van der Waals surface area (Å²) >= 11 is 0. The van der Waals surface area contributed by atoms with Gasteiger partial charge >= 0.3 is 18.5 Å². The molecule has 24 heavy (non-hydrogen) atoms. The Balaban J connectivity index is 1.66. The molecule has 0 heterocycles. The first-order valence-corrected chi connectivity index (χ1v) is 6.94. The maximum absolute atomic E-state index is 11.3. The summed E-state index contributed by atoms with van der Waals surface area (Å²) in [5, 5.41) is 0. The predicted molar refractivity (Wildman–Crippen MR) is 80.8 cm³/mol. The standard InChI is InChI=1S/C17H14O7/c18-15(21-11-13-7-3-1-4-8-13)23-17(20)24-16(19)22-12-14-9-5-2-6-10-14/h1-10H,11-12H2. The fraction of sp³-hybridized carbons (Fsp3) is 0.118. The summed E-state index contributed by atoms with van der Waals surface area (Å²) in [6, 6.07) is 17.6. The molecule has 0 N–H and O–H groups in total. The fourth-order valence-corrected chi connectivity index (χ4v) is 1.65. The smallest absolute Gasteiger partial charge is 0.429 e. The highest BCUT2D eigenvalue weighted by atomic mass is 16.9. The van der Waals surface area contributed by atoms with Crippen LogP contribution in [0.3, 0.4) is 0 Å². The van der Waals surface area contributed by atoms with Gasteiger partial charge < -0.3 is 18.9 Å². The Morgan fingerprint density at radius 3 is 1.33 bits per heavy atom. The van der Waals surface area contributed by atoms with Gasteiger partial charge in [0.1, 0.15) is 13.2 Å². The van der Waals surface area contributed by atoms with Crippen LogP contribution in [-0.2, 0) is 32.2 Å². The molecule has 0 unspecified atom stereocenters. The maximum atomic E-state index is 11.3. The molecule has 0 aliphatic carbocycles. The van der Waals surface area contributed by atoms with Crippen LogP contribution in [0.25, 0.3) is 0 Å². The molecule has 0 aromatic heterocycles. The summed E-state index contributed by atoms with van der Waals surface area (Å²) in [6.07, 6.45) is -4.08. The van der Waals surface area contributed by atoms with Crippen molar-refractivity contribution in [3.05, 3.63) is 71.8 Å². The third kappa shape index (κ3) is 6.18. The minimum absolute atomic E-state index is 0.0780. The number of hydrogen-bond acceptors (Lipinski definition) is 7. The van der Waals surface area contributed by atoms with Crippen molar-refractivity contribution in [2.75, 3.05) is 0 Å². The van der Waals surface area contributed by atoms with E-state index in [0.717, 1.165) is 0 Å². The van der Waals surface area contributed by atoms with Crippen LogP contribution in [0.1, 0.15) is 11.1 Å². The molecule has 2 aromatic rings. The molecular weight excluding hydrogens is 316 g/mol. The van der Waals surface area contributed by atoms with Crippen LogP contribution in [0.5, 0.6) is 0 Å². The van der Waals surface area contributed by atoms with Crippen LogP contribution >= 0.6 is 0 Å². The van der Waals surface area contributed by atoms with Gasteiger partial charge in [0.05, 0.1) is 0 Å². The fourth-order valence-electron chi connectivity index (χ4n) is 1.65. The van der Waals surface area contributed by atoms with Gasteiger partial charge in [-0.1, -0.05) is 60.7 Å². The summed E-state index contributed by atoms with van der Waals surface area (Å²) in [5.41, 5.74) is 1.43. The van der Waals surface area contributed by atoms with Crippen molar-refractivity contribution < 1.29 is 33.3 Å². The van der Waals surface area contributed by atoms with Crippen LogP contribution in [0.15, 0.2) is 60.7 Å². The van der Waals surface area contributed by atoms with E-state index in [4.69, 9.17) is 9.47 Å². The van der Waals surface area contributed by atoms with E-state index < -0.39 is 18.5 Å². The van der Waals surface area contributed by atoms with Gasteiger partial charge in [0, 0.05) is 0 Å². The summed E-state index contributed by atoms with van der Waals surface area (Å²) in [4.78, 5) is 33.8. The topological polar surface area (TPSA) is 88.1 Å². The average Bonchev–Trinajstić information content (AvgIpc) is 2.60. The Bertz CT molecular complexity index is 623. The molecule has 0 radical (unpaired) electrons. The van der Waals surface area contributed by atoms with Crippen molar-refractivity contribution >= 4 is 18.5 Å². The lowest BCUT2D eigenvalue weighted by Crippen LogP contribution is -2.19. The molecule has 0 spiro atoms. The van der Waals surface area contributed by atoms with Crippen molar-refractivity contribution in [2.24, 2.45) is 0 Å². The van der Waals surface area contributed by atoms with Crippen molar-refractivity contribution in [1.29, 1.82) is 0 Å². The zero-order valence-electron chi connectivity index (χ0n) is 12.5. The highest BCUT2D eigenvalue weighted by Gasteiger charge is 2.18. The van der Waals surface area contributed by atoms with E-state index in [2.05, 4.69) is 9.47 Å². The summed E-state index contributed by atoms with van der Waals surface area (Å²) < 4.78 is 17.7. The van der Waals surface area contributed by atoms with Crippen molar-refractivity contribution in [2.45, 2.75) is 13.2 Å². The number of carbonyl (C=O) groups is 3. The number of rotatable bonds is 4. The largest absolute Gasteiger partial charge is 0.528 e. The molecule has 7 nitrogen and oxygen atoms in total. The second-order valence-electron chi connectivity index (χ2n) is 4.50. The Kier molecular flexibility index (Phi) is 6.34. The number of carbonyl (C=O) groups excluding carboxylic acids is 3. The van der Waals surface area contributed by atoms with E-state index in [1.165, 1.54) is 0 Å². The molecule has 0 amide bonds. The normalized spacial score (nSPS) is 9.67. The van der Waals surface area contributed by atoms with Gasteiger partial charge in [0.15, 0.2) is 0 Å². The van der Waals surface area contributed by atoms with Gasteiger partial charge in [-0.2, -0.15) is 0 Å². The quantitative estimate of drug-likeness (QED) is 0.622. The minimum atomic E-state index is -1.52. The lowest BCUT2D eigenvalue weighted by molar-refractivity contribution is 0.0241. The lowest BCUT2D eigenvalue weighted by Gasteiger charge is -2.06. The zero-order valence-corrected chi connectivity index (χ0v) is 12.5. The van der Waals surface area contributed by atoms with E-state index >= 15 is 0 Å². The van der Waals surface area contributed by atoms with E-state index in [0.29, 0.717) is 11.1 Å². The van der Waals surface area contributed by atoms with Crippen molar-refractivity contribution in [1.82, 2.24) is 0 Å². The van der Waals surface area contributed by atoms with Crippen LogP contribution in [-0.4, -0.2) is 18.5 Å². The molecule has 7 heteroatoms. The molecule has 0 saturated carbocycles. The monoisotopic (exact) mass is 330 g/mol. The highest BCUT2D eigenvalue weighted by Crippen LogP contribution is 2.04. The maximum Gasteiger partial charge on any atom is 0.528 e. The molecule has 0 bridgehead atoms. The summed E-state index contributed by atoms with van der Waals surface area (Å²) in [7, 11) is 0. The first-order chi connectivity index (χ1) is 11.6. The Morgan fingerprint density at radius 1 is 0.583 bits per heavy atom. The third-order valence-electron chi connectivity index (χ3n) is 2.73. The molecular formula is C17H14O7. The molecule has 0 aliphatic rings. The third-order valence-corrected chi connectivity index (χ3v) is 2.73. The average molecular weight is 330 g/mol. The van der Waals surface area contributed by atoms with Gasteiger partial charge in [-0.15, -0.1) is 0 Å². The first-order valence-electron chi connectivity index (χ1n) is 6.94. The molecule has 2 rings (SSSR count). The Labute approximate surface area is 137 Å². The first kappa shape index (κ1) is 17.0. The van der Waals surface area contributed by atoms with E-state index in [1.807, 2.05) is 0 Å². The van der Waals surface area contributed by atoms with E-state index in [1.54, 1.807) is 60.7 Å². The van der Waals surface area contributed by atoms with Crippen LogP contribution in [0.4, 0.5) is 14.4 Å². The highest BCUT2D eigenvalue weighted by molar-refractivity contribution is 5.83. The minimum Gasteiger partial charge on any atom is -0.429 e. The van der Waals surface area contributed by atoms with Crippen molar-refractivity contribution in [3.63, 3.8) is 0 Å². The van der Waals surface area contributed by atoms with Gasteiger partial charge in [-0.05, 0) is 11.1 Å². The van der Waals surface area contributed by atoms with Crippen molar-refractivity contribution in [3.8, 4) is 0 Å². The lowest BCUT2D eigenvalue weighted by atomic mass is 10.2. The Hall–Kier alpha value is -3.35. The molecule has 124 valence electrons. The Morgan fingerprint density at radius 2 is 0.958 bits per heavy atom. The summed E-state index contributed by atoms with van der Waals surface area (Å²) in [6.45, 7) is -0.156. The molecule has 0 saturated heterocycles. The van der Waals surface area contributed by atoms with Gasteiger partial charge in [-0.25, -0.2) is 14.4 Å². The molecule has 0 fully saturated rings. The van der Waals surface area contributed by atoms with Crippen LogP contribution in [0.2, 0.25) is 0 Å². The second-order valence-corrected chi connectivity index (χ2v) is 4.50. The van der Waals surface area contributed by atoms with Crippen LogP contribution < -0.4 is 0 Å². The van der Waals surface area contributed by atoms with Gasteiger partial charge in [0.25, 0.3) is 0 Å². The second kappa shape index (κ2) is 8.94. The zero-order chi connectivity index (χ0) is 17.2. The molecule has 0 atom stereocenters. The molecule has 2 aromatic carbocycles. The molecule has 0 aliphatic heterocycles. The SMILES string of the molecule is O=C(OCc1ccccc1)OC(=O)OC(=O)OCc1ccccc1. The van der Waals surface area contributed by atoms with Crippen LogP contribution in [0, 0.1) is 0 Å². The summed E-state index contributed by atoms with van der Waals surface area (Å²) in [5.74, 6) is 0. The van der Waals surface area contributed by atoms with E-state index in [9.17, 15) is 14.4 Å². The predicted octanol–water partition coefficient (Wildman–Crippen LogP) is 3.81. The van der Waals surface area contributed by atoms with Gasteiger partial charge in [-0.3, -0.25) is 0 Å². The van der Waals surface area contributed by atoms with Gasteiger partial charge in [0.2, 0.25) is 0 Å². The number of benzene rings is 2.